The van der Waals surface area contributed by atoms with E-state index in [1.807, 2.05) is 31.2 Å². The monoisotopic (exact) mass is 338 g/mol. The van der Waals surface area contributed by atoms with Crippen molar-refractivity contribution in [1.29, 1.82) is 0 Å². The summed E-state index contributed by atoms with van der Waals surface area (Å²) in [6.07, 6.45) is 3.65. The smallest absolute Gasteiger partial charge is 0.235 e. The first-order chi connectivity index (χ1) is 11.5. The van der Waals surface area contributed by atoms with Crippen LogP contribution in [0.3, 0.4) is 0 Å². The first kappa shape index (κ1) is 15.0. The number of rotatable bonds is 2. The second kappa shape index (κ2) is 5.21. The quantitative estimate of drug-likeness (QED) is 0.823. The van der Waals surface area contributed by atoms with E-state index in [1.165, 1.54) is 0 Å². The van der Waals surface area contributed by atoms with Gasteiger partial charge in [-0.1, -0.05) is 36.4 Å². The summed E-state index contributed by atoms with van der Waals surface area (Å²) in [6, 6.07) is 7.37. The predicted octanol–water partition coefficient (Wildman–Crippen LogP) is 3.53. The van der Waals surface area contributed by atoms with Gasteiger partial charge in [0.05, 0.1) is 11.8 Å². The van der Waals surface area contributed by atoms with Crippen molar-refractivity contribution in [2.45, 2.75) is 12.8 Å². The lowest BCUT2D eigenvalue weighted by molar-refractivity contribution is -0.125. The van der Waals surface area contributed by atoms with Crippen LogP contribution in [0.4, 0.5) is 0 Å². The summed E-state index contributed by atoms with van der Waals surface area (Å²) in [7, 11) is 0. The van der Waals surface area contributed by atoms with Gasteiger partial charge in [-0.2, -0.15) is 0 Å². The van der Waals surface area contributed by atoms with Crippen molar-refractivity contribution in [3.63, 3.8) is 0 Å². The van der Waals surface area contributed by atoms with E-state index in [4.69, 9.17) is 11.6 Å². The van der Waals surface area contributed by atoms with Crippen LogP contribution < -0.4 is 5.32 Å². The third-order valence-corrected chi connectivity index (χ3v) is 5.18. The number of carbonyl (C=O) groups excluding carboxylic acids is 2. The minimum atomic E-state index is -0.558. The number of hydrogen-bond donors (Lipinski definition) is 2. The van der Waals surface area contributed by atoms with Gasteiger partial charge in [0.25, 0.3) is 0 Å². The van der Waals surface area contributed by atoms with Gasteiger partial charge in [0.1, 0.15) is 0 Å². The first-order valence-corrected chi connectivity index (χ1v) is 8.06. The summed E-state index contributed by atoms with van der Waals surface area (Å²) in [5.74, 6) is -1.63. The van der Waals surface area contributed by atoms with E-state index in [2.05, 4.69) is 16.9 Å². The fraction of sp³-hybridized carbons (Fsp3) is 0.158. The number of benzene rings is 1. The van der Waals surface area contributed by atoms with Crippen molar-refractivity contribution < 1.29 is 9.59 Å². The number of aromatic amines is 1. The van der Waals surface area contributed by atoms with Crippen molar-refractivity contribution >= 4 is 41.1 Å². The van der Waals surface area contributed by atoms with E-state index in [-0.39, 0.29) is 11.8 Å². The number of nitrogens with one attached hydrogen (secondary N) is 2. The van der Waals surface area contributed by atoms with E-state index in [1.54, 1.807) is 12.1 Å². The molecule has 2 aliphatic rings. The molecule has 120 valence electrons. The molecule has 4 nitrogen and oxygen atoms in total. The molecule has 0 saturated carbocycles. The summed E-state index contributed by atoms with van der Waals surface area (Å²) in [5, 5.41) is 3.03. The number of fused-ring (bicyclic) bond motifs is 3. The fourth-order valence-electron chi connectivity index (χ4n) is 3.76. The molecule has 4 rings (SSSR count). The Balaban J connectivity index is 2.01. The molecule has 2 amide bonds. The summed E-state index contributed by atoms with van der Waals surface area (Å²) in [4.78, 5) is 28.2. The van der Waals surface area contributed by atoms with E-state index >= 15 is 0 Å². The van der Waals surface area contributed by atoms with Crippen LogP contribution in [0.5, 0.6) is 0 Å². The van der Waals surface area contributed by atoms with Crippen LogP contribution in [0, 0.1) is 12.8 Å². The van der Waals surface area contributed by atoms with Gasteiger partial charge in [-0.3, -0.25) is 14.9 Å². The average Bonchev–Trinajstić information content (AvgIpc) is 3.04. The molecule has 2 aromatic rings. The minimum absolute atomic E-state index is 0.262. The van der Waals surface area contributed by atoms with Crippen LogP contribution in [-0.2, 0) is 9.59 Å². The molecule has 1 saturated heterocycles. The standard InChI is InChI=1S/C19H15ClN2O2/c1-3-13-9(2)15-14(21-13)8-11(10-6-4-5-7-12(10)20)16-17(15)19(24)22-18(16)23/h3-8,16-17,21H,1H2,2H3,(H,22,23,24). The van der Waals surface area contributed by atoms with Crippen molar-refractivity contribution in [3.8, 4) is 0 Å². The summed E-state index contributed by atoms with van der Waals surface area (Å²) < 4.78 is 0. The van der Waals surface area contributed by atoms with Gasteiger partial charge in [-0.15, -0.1) is 0 Å². The van der Waals surface area contributed by atoms with Gasteiger partial charge >= 0.3 is 0 Å². The lowest BCUT2D eigenvalue weighted by Crippen LogP contribution is -2.22. The lowest BCUT2D eigenvalue weighted by Gasteiger charge is -2.25. The number of imide groups is 1. The van der Waals surface area contributed by atoms with Crippen molar-refractivity contribution in [2.24, 2.45) is 5.92 Å². The Bertz CT molecular complexity index is 939. The fourth-order valence-corrected chi connectivity index (χ4v) is 4.00. The molecule has 2 N–H and O–H groups in total. The first-order valence-electron chi connectivity index (χ1n) is 7.69. The molecule has 0 radical (unpaired) electrons. The van der Waals surface area contributed by atoms with Crippen LogP contribution in [-0.4, -0.2) is 16.8 Å². The maximum Gasteiger partial charge on any atom is 0.235 e. The number of H-pyrrole nitrogens is 1. The van der Waals surface area contributed by atoms with Gasteiger partial charge in [0, 0.05) is 16.4 Å². The van der Waals surface area contributed by atoms with Crippen LogP contribution in [0.15, 0.2) is 30.8 Å². The van der Waals surface area contributed by atoms with Gasteiger partial charge < -0.3 is 4.98 Å². The van der Waals surface area contributed by atoms with E-state index in [0.29, 0.717) is 5.02 Å². The van der Waals surface area contributed by atoms with Crippen molar-refractivity contribution in [2.75, 3.05) is 0 Å². The zero-order chi connectivity index (χ0) is 17.0. The van der Waals surface area contributed by atoms with E-state index in [0.717, 1.165) is 33.7 Å². The van der Waals surface area contributed by atoms with Gasteiger partial charge in [0.2, 0.25) is 11.8 Å². The highest BCUT2D eigenvalue weighted by atomic mass is 35.5. The molecule has 0 bridgehead atoms. The molecular weight excluding hydrogens is 324 g/mol. The summed E-state index contributed by atoms with van der Waals surface area (Å²) >= 11 is 6.34. The third-order valence-electron chi connectivity index (χ3n) is 4.85. The largest absolute Gasteiger partial charge is 0.355 e. The van der Waals surface area contributed by atoms with Crippen LogP contribution in [0.1, 0.15) is 34.0 Å². The third kappa shape index (κ3) is 1.93. The minimum Gasteiger partial charge on any atom is -0.355 e. The highest BCUT2D eigenvalue weighted by Crippen LogP contribution is 2.48. The predicted molar refractivity (Wildman–Crippen MR) is 94.3 cm³/mol. The highest BCUT2D eigenvalue weighted by Gasteiger charge is 2.49. The molecule has 2 atom stereocenters. The van der Waals surface area contributed by atoms with Crippen molar-refractivity contribution in [3.05, 3.63) is 63.9 Å². The molecule has 24 heavy (non-hydrogen) atoms. The highest BCUT2D eigenvalue weighted by molar-refractivity contribution is 6.33. The van der Waals surface area contributed by atoms with E-state index < -0.39 is 11.8 Å². The Labute approximate surface area is 144 Å². The van der Waals surface area contributed by atoms with Crippen LogP contribution >= 0.6 is 11.6 Å². The van der Waals surface area contributed by atoms with Crippen molar-refractivity contribution in [1.82, 2.24) is 10.3 Å². The molecule has 1 aliphatic carbocycles. The van der Waals surface area contributed by atoms with E-state index in [9.17, 15) is 9.59 Å². The Hall–Kier alpha value is -2.59. The second-order valence-corrected chi connectivity index (χ2v) is 6.49. The molecule has 2 heterocycles. The topological polar surface area (TPSA) is 62.0 Å². The van der Waals surface area contributed by atoms with Crippen LogP contribution in [0.25, 0.3) is 17.7 Å². The zero-order valence-electron chi connectivity index (χ0n) is 13.0. The molecule has 1 aromatic heterocycles. The Morgan fingerprint density at radius 2 is 1.88 bits per heavy atom. The van der Waals surface area contributed by atoms with Crippen LogP contribution in [0.2, 0.25) is 5.02 Å². The lowest BCUT2D eigenvalue weighted by atomic mass is 9.75. The summed E-state index contributed by atoms with van der Waals surface area (Å²) in [5.41, 5.74) is 5.06. The number of aromatic nitrogens is 1. The normalized spacial score (nSPS) is 21.8. The molecule has 5 heteroatoms. The molecule has 1 fully saturated rings. The number of hydrogen-bond acceptors (Lipinski definition) is 2. The molecule has 1 aromatic carbocycles. The van der Waals surface area contributed by atoms with Gasteiger partial charge in [0.15, 0.2) is 0 Å². The van der Waals surface area contributed by atoms with Gasteiger partial charge in [-0.25, -0.2) is 0 Å². The van der Waals surface area contributed by atoms with Gasteiger partial charge in [-0.05, 0) is 47.4 Å². The molecule has 0 spiro atoms. The Kier molecular flexibility index (Phi) is 3.25. The average molecular weight is 339 g/mol. The second-order valence-electron chi connectivity index (χ2n) is 6.08. The number of amides is 2. The molecular formula is C19H15ClN2O2. The molecule has 2 unspecified atom stereocenters. The number of carbonyl (C=O) groups is 2. The Morgan fingerprint density at radius 3 is 2.58 bits per heavy atom. The zero-order valence-corrected chi connectivity index (χ0v) is 13.8. The SMILES string of the molecule is C=Cc1[nH]c2c(c1C)C1C(=O)NC(=O)C1C(c1ccccc1Cl)=C2. The molecule has 1 aliphatic heterocycles. The summed E-state index contributed by atoms with van der Waals surface area (Å²) in [6.45, 7) is 5.74. The maximum atomic E-state index is 12.5. The maximum absolute atomic E-state index is 12.5. The number of halogens is 1. The Morgan fingerprint density at radius 1 is 1.17 bits per heavy atom.